The van der Waals surface area contributed by atoms with Crippen LogP contribution < -0.4 is 11.1 Å². The van der Waals surface area contributed by atoms with Gasteiger partial charge in [-0.05, 0) is 48.2 Å². The van der Waals surface area contributed by atoms with Crippen molar-refractivity contribution in [1.82, 2.24) is 5.32 Å². The second-order valence-corrected chi connectivity index (χ2v) is 5.60. The predicted octanol–water partition coefficient (Wildman–Crippen LogP) is 3.22. The molecule has 2 aromatic carbocycles. The van der Waals surface area contributed by atoms with E-state index < -0.39 is 0 Å². The topological polar surface area (TPSA) is 75.4 Å². The van der Waals surface area contributed by atoms with Crippen molar-refractivity contribution in [3.8, 4) is 11.1 Å². The molecular weight excluding hydrogens is 288 g/mol. The predicted molar refractivity (Wildman–Crippen MR) is 94.2 cm³/mol. The molecular formula is C19H24N2O2. The number of anilines is 1. The summed E-state index contributed by atoms with van der Waals surface area (Å²) in [5.74, 6) is -0.0514. The Morgan fingerprint density at radius 1 is 0.957 bits per heavy atom. The zero-order valence-electron chi connectivity index (χ0n) is 13.3. The van der Waals surface area contributed by atoms with Crippen LogP contribution in [0, 0.1) is 0 Å². The van der Waals surface area contributed by atoms with Crippen LogP contribution in [-0.4, -0.2) is 24.2 Å². The lowest BCUT2D eigenvalue weighted by Gasteiger charge is -2.07. The first-order chi connectivity index (χ1) is 11.2. The van der Waals surface area contributed by atoms with Crippen molar-refractivity contribution in [2.24, 2.45) is 0 Å². The quantitative estimate of drug-likeness (QED) is 0.517. The number of benzene rings is 2. The molecule has 0 aliphatic heterocycles. The summed E-state index contributed by atoms with van der Waals surface area (Å²) in [7, 11) is 0. The maximum atomic E-state index is 12.2. The number of amides is 1. The molecule has 0 spiro atoms. The number of nitrogen functional groups attached to an aromatic ring is 1. The van der Waals surface area contributed by atoms with Crippen LogP contribution in [0.15, 0.2) is 48.5 Å². The van der Waals surface area contributed by atoms with E-state index in [2.05, 4.69) is 5.32 Å². The first kappa shape index (κ1) is 17.0. The van der Waals surface area contributed by atoms with E-state index in [1.807, 2.05) is 48.5 Å². The second kappa shape index (κ2) is 8.96. The lowest BCUT2D eigenvalue weighted by Crippen LogP contribution is -2.24. The zero-order chi connectivity index (χ0) is 16.5. The van der Waals surface area contributed by atoms with Crippen LogP contribution >= 0.6 is 0 Å². The van der Waals surface area contributed by atoms with Crippen molar-refractivity contribution >= 4 is 11.6 Å². The molecule has 0 saturated heterocycles. The first-order valence-corrected chi connectivity index (χ1v) is 8.06. The standard InChI is InChI=1S/C19H24N2O2/c20-18-10-8-15(9-11-18)16-6-5-7-17(14-16)19(23)21-12-3-1-2-4-13-22/h5-11,14,22H,1-4,12-13,20H2,(H,21,23). The average Bonchev–Trinajstić information content (AvgIpc) is 2.58. The number of rotatable bonds is 8. The second-order valence-electron chi connectivity index (χ2n) is 5.60. The highest BCUT2D eigenvalue weighted by molar-refractivity contribution is 5.95. The average molecular weight is 312 g/mol. The van der Waals surface area contributed by atoms with Gasteiger partial charge in [0.2, 0.25) is 0 Å². The lowest BCUT2D eigenvalue weighted by molar-refractivity contribution is 0.0953. The third kappa shape index (κ3) is 5.42. The maximum Gasteiger partial charge on any atom is 0.251 e. The highest BCUT2D eigenvalue weighted by atomic mass is 16.2. The molecule has 0 aliphatic carbocycles. The summed E-state index contributed by atoms with van der Waals surface area (Å²) >= 11 is 0. The van der Waals surface area contributed by atoms with Crippen LogP contribution in [0.3, 0.4) is 0 Å². The molecule has 4 N–H and O–H groups in total. The van der Waals surface area contributed by atoms with Gasteiger partial charge in [0.25, 0.3) is 5.91 Å². The van der Waals surface area contributed by atoms with Crippen LogP contribution in [-0.2, 0) is 0 Å². The van der Waals surface area contributed by atoms with E-state index in [4.69, 9.17) is 10.8 Å². The molecule has 1 amide bonds. The summed E-state index contributed by atoms with van der Waals surface area (Å²) < 4.78 is 0. The fourth-order valence-electron chi connectivity index (χ4n) is 2.41. The van der Waals surface area contributed by atoms with Gasteiger partial charge in [-0.15, -0.1) is 0 Å². The number of aliphatic hydroxyl groups is 1. The molecule has 4 nitrogen and oxygen atoms in total. The molecule has 0 heterocycles. The van der Waals surface area contributed by atoms with Gasteiger partial charge < -0.3 is 16.2 Å². The molecule has 0 fully saturated rings. The summed E-state index contributed by atoms with van der Waals surface area (Å²) in [6.45, 7) is 0.903. The van der Waals surface area contributed by atoms with Crippen LogP contribution in [0.2, 0.25) is 0 Å². The number of aliphatic hydroxyl groups excluding tert-OH is 1. The number of nitrogens with two attached hydrogens (primary N) is 1. The van der Waals surface area contributed by atoms with Crippen LogP contribution in [0.1, 0.15) is 36.0 Å². The molecule has 0 saturated carbocycles. The molecule has 0 unspecified atom stereocenters. The van der Waals surface area contributed by atoms with Crippen LogP contribution in [0.5, 0.6) is 0 Å². The summed E-state index contributed by atoms with van der Waals surface area (Å²) in [5.41, 5.74) is 9.13. The number of unbranched alkanes of at least 4 members (excludes halogenated alkanes) is 3. The van der Waals surface area contributed by atoms with E-state index in [0.717, 1.165) is 42.5 Å². The Bertz CT molecular complexity index is 624. The Morgan fingerprint density at radius 2 is 1.70 bits per heavy atom. The zero-order valence-corrected chi connectivity index (χ0v) is 13.3. The molecule has 0 atom stereocenters. The molecule has 4 heteroatoms. The van der Waals surface area contributed by atoms with Gasteiger partial charge >= 0.3 is 0 Å². The maximum absolute atomic E-state index is 12.2. The van der Waals surface area contributed by atoms with E-state index in [1.54, 1.807) is 0 Å². The van der Waals surface area contributed by atoms with Gasteiger partial charge in [0.1, 0.15) is 0 Å². The van der Waals surface area contributed by atoms with Crippen molar-refractivity contribution in [2.75, 3.05) is 18.9 Å². The first-order valence-electron chi connectivity index (χ1n) is 8.06. The van der Waals surface area contributed by atoms with E-state index in [-0.39, 0.29) is 12.5 Å². The minimum absolute atomic E-state index is 0.0514. The number of hydrogen-bond acceptors (Lipinski definition) is 3. The van der Waals surface area contributed by atoms with Gasteiger partial charge in [-0.25, -0.2) is 0 Å². The third-order valence-corrected chi connectivity index (χ3v) is 3.74. The third-order valence-electron chi connectivity index (χ3n) is 3.74. The number of carbonyl (C=O) groups is 1. The van der Waals surface area contributed by atoms with Crippen molar-refractivity contribution in [3.63, 3.8) is 0 Å². The molecule has 0 bridgehead atoms. The summed E-state index contributed by atoms with van der Waals surface area (Å²) in [4.78, 5) is 12.2. The van der Waals surface area contributed by atoms with E-state index in [1.165, 1.54) is 0 Å². The van der Waals surface area contributed by atoms with Crippen molar-refractivity contribution < 1.29 is 9.90 Å². The molecule has 23 heavy (non-hydrogen) atoms. The fourth-order valence-corrected chi connectivity index (χ4v) is 2.41. The smallest absolute Gasteiger partial charge is 0.251 e. The van der Waals surface area contributed by atoms with Crippen molar-refractivity contribution in [2.45, 2.75) is 25.7 Å². The van der Waals surface area contributed by atoms with Crippen molar-refractivity contribution in [1.29, 1.82) is 0 Å². The van der Waals surface area contributed by atoms with E-state index >= 15 is 0 Å². The fraction of sp³-hybridized carbons (Fsp3) is 0.316. The molecule has 122 valence electrons. The summed E-state index contributed by atoms with van der Waals surface area (Å²) in [6.07, 6.45) is 3.78. The monoisotopic (exact) mass is 312 g/mol. The van der Waals surface area contributed by atoms with E-state index in [9.17, 15) is 4.79 Å². The molecule has 0 radical (unpaired) electrons. The molecule has 0 aromatic heterocycles. The van der Waals surface area contributed by atoms with Crippen LogP contribution in [0.4, 0.5) is 5.69 Å². The SMILES string of the molecule is Nc1ccc(-c2cccc(C(=O)NCCCCCCO)c2)cc1. The summed E-state index contributed by atoms with van der Waals surface area (Å²) in [5, 5.41) is 11.7. The van der Waals surface area contributed by atoms with Gasteiger partial charge in [0.15, 0.2) is 0 Å². The Labute approximate surface area is 137 Å². The minimum Gasteiger partial charge on any atom is -0.399 e. The molecule has 0 aliphatic rings. The molecule has 2 rings (SSSR count). The largest absolute Gasteiger partial charge is 0.399 e. The Hall–Kier alpha value is -2.33. The van der Waals surface area contributed by atoms with Gasteiger partial charge in [0.05, 0.1) is 0 Å². The van der Waals surface area contributed by atoms with Gasteiger partial charge in [0, 0.05) is 24.4 Å². The van der Waals surface area contributed by atoms with Gasteiger partial charge in [-0.3, -0.25) is 4.79 Å². The Balaban J connectivity index is 1.91. The number of hydrogen-bond donors (Lipinski definition) is 3. The minimum atomic E-state index is -0.0514. The summed E-state index contributed by atoms with van der Waals surface area (Å²) in [6, 6.07) is 15.2. The lowest BCUT2D eigenvalue weighted by atomic mass is 10.0. The highest BCUT2D eigenvalue weighted by Gasteiger charge is 2.06. The van der Waals surface area contributed by atoms with Crippen molar-refractivity contribution in [3.05, 3.63) is 54.1 Å². The van der Waals surface area contributed by atoms with E-state index in [0.29, 0.717) is 12.1 Å². The number of carbonyl (C=O) groups excluding carboxylic acids is 1. The normalized spacial score (nSPS) is 10.5. The highest BCUT2D eigenvalue weighted by Crippen LogP contribution is 2.21. The Morgan fingerprint density at radius 3 is 2.43 bits per heavy atom. The van der Waals surface area contributed by atoms with Gasteiger partial charge in [-0.2, -0.15) is 0 Å². The van der Waals surface area contributed by atoms with Gasteiger partial charge in [-0.1, -0.05) is 37.1 Å². The van der Waals surface area contributed by atoms with Crippen LogP contribution in [0.25, 0.3) is 11.1 Å². The number of nitrogens with one attached hydrogen (secondary N) is 1. The molecule has 2 aromatic rings. The Kier molecular flexibility index (Phi) is 6.63.